The number of aryl methyl sites for hydroxylation is 1. The highest BCUT2D eigenvalue weighted by Crippen LogP contribution is 2.27. The Morgan fingerprint density at radius 3 is 2.64 bits per heavy atom. The van der Waals surface area contributed by atoms with E-state index in [0.29, 0.717) is 42.0 Å². The number of aromatic hydroxyl groups is 1. The van der Waals surface area contributed by atoms with Crippen molar-refractivity contribution in [3.63, 3.8) is 0 Å². The van der Waals surface area contributed by atoms with Crippen LogP contribution in [0, 0.1) is 6.92 Å². The van der Waals surface area contributed by atoms with Gasteiger partial charge in [-0.2, -0.15) is 0 Å². The summed E-state index contributed by atoms with van der Waals surface area (Å²) in [7, 11) is 0. The Hall–Kier alpha value is -3.61. The van der Waals surface area contributed by atoms with E-state index in [4.69, 9.17) is 5.73 Å². The number of para-hydroxylation sites is 1. The molecule has 4 rings (SSSR count). The van der Waals surface area contributed by atoms with E-state index in [-0.39, 0.29) is 11.7 Å². The van der Waals surface area contributed by atoms with E-state index in [1.54, 1.807) is 54.3 Å². The molecule has 0 radical (unpaired) electrons. The Bertz CT molecular complexity index is 1070. The zero-order valence-electron chi connectivity index (χ0n) is 15.4. The number of benzene rings is 2. The third kappa shape index (κ3) is 3.11. The molecule has 0 bridgehead atoms. The fraction of sp³-hybridized carbons (Fsp3) is 0.190. The van der Waals surface area contributed by atoms with Crippen LogP contribution in [0.5, 0.6) is 5.75 Å². The van der Waals surface area contributed by atoms with Crippen LogP contribution in [-0.4, -0.2) is 38.3 Å². The highest BCUT2D eigenvalue weighted by molar-refractivity contribution is 5.97. The Morgan fingerprint density at radius 1 is 1.18 bits per heavy atom. The van der Waals surface area contributed by atoms with Gasteiger partial charge in [-0.25, -0.2) is 4.98 Å². The summed E-state index contributed by atoms with van der Waals surface area (Å²) < 4.78 is 0. The van der Waals surface area contributed by atoms with Crippen molar-refractivity contribution in [3.8, 4) is 17.1 Å². The first kappa shape index (κ1) is 17.8. The molecule has 3 aromatic rings. The summed E-state index contributed by atoms with van der Waals surface area (Å²) in [6.45, 7) is 2.70. The van der Waals surface area contributed by atoms with E-state index in [9.17, 15) is 14.7 Å². The lowest BCUT2D eigenvalue weighted by Gasteiger charge is -2.26. The van der Waals surface area contributed by atoms with Crippen LogP contribution in [0.3, 0.4) is 0 Å². The molecule has 0 spiro atoms. The van der Waals surface area contributed by atoms with Crippen molar-refractivity contribution in [3.05, 3.63) is 70.5 Å². The van der Waals surface area contributed by atoms with Gasteiger partial charge >= 0.3 is 0 Å². The number of rotatable bonds is 3. The van der Waals surface area contributed by atoms with Crippen LogP contribution in [0.2, 0.25) is 0 Å². The first-order valence-corrected chi connectivity index (χ1v) is 9.00. The number of nitrogens with one attached hydrogen (secondary N) is 1. The monoisotopic (exact) mass is 376 g/mol. The number of aromatic amines is 1. The first-order chi connectivity index (χ1) is 13.4. The number of hydrogen-bond acceptors (Lipinski definition) is 4. The van der Waals surface area contributed by atoms with E-state index < -0.39 is 5.91 Å². The van der Waals surface area contributed by atoms with Crippen LogP contribution in [0.4, 0.5) is 0 Å². The second kappa shape index (κ2) is 6.84. The van der Waals surface area contributed by atoms with E-state index in [2.05, 4.69) is 9.97 Å². The number of hydrogen-bond donors (Lipinski definition) is 3. The molecule has 4 N–H and O–H groups in total. The number of amides is 2. The third-order valence-corrected chi connectivity index (χ3v) is 5.03. The molecule has 28 heavy (non-hydrogen) atoms. The molecule has 1 aliphatic heterocycles. The Kier molecular flexibility index (Phi) is 4.35. The maximum Gasteiger partial charge on any atom is 0.257 e. The van der Waals surface area contributed by atoms with Crippen LogP contribution in [0.15, 0.2) is 42.5 Å². The fourth-order valence-corrected chi connectivity index (χ4v) is 3.40. The summed E-state index contributed by atoms with van der Waals surface area (Å²) in [6, 6.07) is 12.1. The Morgan fingerprint density at radius 2 is 1.93 bits per heavy atom. The first-order valence-electron chi connectivity index (χ1n) is 9.00. The zero-order chi connectivity index (χ0) is 19.8. The average molecular weight is 376 g/mol. The molecule has 1 aromatic heterocycles. The van der Waals surface area contributed by atoms with Gasteiger partial charge in [0.2, 0.25) is 5.91 Å². The summed E-state index contributed by atoms with van der Waals surface area (Å²) in [5.74, 6) is 0.0412. The van der Waals surface area contributed by atoms with E-state index in [1.807, 2.05) is 0 Å². The van der Waals surface area contributed by atoms with E-state index in [1.165, 1.54) is 0 Å². The van der Waals surface area contributed by atoms with Gasteiger partial charge in [-0.1, -0.05) is 24.3 Å². The lowest BCUT2D eigenvalue weighted by atomic mass is 10.1. The Balaban J connectivity index is 1.57. The highest BCUT2D eigenvalue weighted by atomic mass is 16.3. The molecule has 0 atom stereocenters. The van der Waals surface area contributed by atoms with Crippen molar-refractivity contribution in [2.75, 3.05) is 6.54 Å². The second-order valence-corrected chi connectivity index (χ2v) is 6.90. The smallest absolute Gasteiger partial charge is 0.257 e. The average Bonchev–Trinajstić information content (AvgIpc) is 3.13. The molecular weight excluding hydrogens is 356 g/mol. The Labute approximate surface area is 161 Å². The van der Waals surface area contributed by atoms with Gasteiger partial charge in [-0.15, -0.1) is 0 Å². The molecule has 0 saturated heterocycles. The maximum absolute atomic E-state index is 12.8. The van der Waals surface area contributed by atoms with Crippen molar-refractivity contribution in [1.82, 2.24) is 14.9 Å². The minimum absolute atomic E-state index is 0.0261. The molecule has 0 saturated carbocycles. The molecule has 2 amide bonds. The quantitative estimate of drug-likeness (QED) is 0.651. The van der Waals surface area contributed by atoms with Crippen molar-refractivity contribution < 1.29 is 14.7 Å². The predicted octanol–water partition coefficient (Wildman–Crippen LogP) is 2.39. The van der Waals surface area contributed by atoms with Crippen molar-refractivity contribution in [2.45, 2.75) is 19.9 Å². The van der Waals surface area contributed by atoms with E-state index >= 15 is 0 Å². The SMILES string of the molecule is Cc1cccc(C(=O)N2CCc3nc(-c4ccc(C(N)=O)cc4)[nH]c3C2)c1O. The van der Waals surface area contributed by atoms with Crippen LogP contribution in [-0.2, 0) is 13.0 Å². The molecule has 7 heteroatoms. The molecular formula is C21H20N4O3. The van der Waals surface area contributed by atoms with Gasteiger partial charge in [0.1, 0.15) is 11.6 Å². The fourth-order valence-electron chi connectivity index (χ4n) is 3.40. The number of carbonyl (C=O) groups excluding carboxylic acids is 2. The van der Waals surface area contributed by atoms with Gasteiger partial charge in [0, 0.05) is 24.1 Å². The number of imidazole rings is 1. The van der Waals surface area contributed by atoms with Gasteiger partial charge in [0.15, 0.2) is 0 Å². The number of carbonyl (C=O) groups is 2. The number of H-pyrrole nitrogens is 1. The molecule has 0 fully saturated rings. The lowest BCUT2D eigenvalue weighted by molar-refractivity contribution is 0.0728. The molecule has 0 aliphatic carbocycles. The summed E-state index contributed by atoms with van der Waals surface area (Å²) in [4.78, 5) is 33.7. The minimum Gasteiger partial charge on any atom is -0.507 e. The molecule has 2 aromatic carbocycles. The standard InChI is InChI=1S/C21H20N4O3/c1-12-3-2-4-15(18(12)26)21(28)25-10-9-16-17(11-25)24-20(23-16)14-7-5-13(6-8-14)19(22)27/h2-8,26H,9-11H2,1H3,(H2,22,27)(H,23,24). The summed E-state index contributed by atoms with van der Waals surface area (Å²) in [5, 5.41) is 10.2. The van der Waals surface area contributed by atoms with Gasteiger partial charge in [-0.05, 0) is 30.7 Å². The van der Waals surface area contributed by atoms with Gasteiger partial charge in [0.05, 0.1) is 23.5 Å². The number of aromatic nitrogens is 2. The van der Waals surface area contributed by atoms with Crippen LogP contribution in [0.1, 0.15) is 37.7 Å². The number of nitrogens with zero attached hydrogens (tertiary/aromatic N) is 2. The van der Waals surface area contributed by atoms with Crippen LogP contribution >= 0.6 is 0 Å². The number of fused-ring (bicyclic) bond motifs is 1. The molecule has 7 nitrogen and oxygen atoms in total. The summed E-state index contributed by atoms with van der Waals surface area (Å²) >= 11 is 0. The predicted molar refractivity (Wildman–Crippen MR) is 104 cm³/mol. The van der Waals surface area contributed by atoms with Gasteiger partial charge in [-0.3, -0.25) is 9.59 Å². The number of phenols is 1. The topological polar surface area (TPSA) is 112 Å². The van der Waals surface area contributed by atoms with Gasteiger partial charge in [0.25, 0.3) is 5.91 Å². The summed E-state index contributed by atoms with van der Waals surface area (Å²) in [6.07, 6.45) is 0.628. The largest absolute Gasteiger partial charge is 0.507 e. The number of phenolic OH excluding ortho intramolecular Hbond substituents is 1. The minimum atomic E-state index is -0.473. The number of nitrogens with two attached hydrogens (primary N) is 1. The van der Waals surface area contributed by atoms with Crippen molar-refractivity contribution >= 4 is 11.8 Å². The van der Waals surface area contributed by atoms with Crippen LogP contribution < -0.4 is 5.73 Å². The lowest BCUT2D eigenvalue weighted by Crippen LogP contribution is -2.36. The van der Waals surface area contributed by atoms with Crippen molar-refractivity contribution in [2.24, 2.45) is 5.73 Å². The molecule has 1 aliphatic rings. The van der Waals surface area contributed by atoms with E-state index in [0.717, 1.165) is 17.0 Å². The van der Waals surface area contributed by atoms with Crippen molar-refractivity contribution in [1.29, 1.82) is 0 Å². The van der Waals surface area contributed by atoms with Gasteiger partial charge < -0.3 is 20.7 Å². The van der Waals surface area contributed by atoms with Crippen LogP contribution in [0.25, 0.3) is 11.4 Å². The normalized spacial score (nSPS) is 13.2. The summed E-state index contributed by atoms with van der Waals surface area (Å²) in [5.41, 5.74) is 9.34. The number of primary amides is 1. The zero-order valence-corrected chi connectivity index (χ0v) is 15.4. The molecule has 2 heterocycles. The molecule has 142 valence electrons. The third-order valence-electron chi connectivity index (χ3n) is 5.03. The maximum atomic E-state index is 12.8. The second-order valence-electron chi connectivity index (χ2n) is 6.90. The highest BCUT2D eigenvalue weighted by Gasteiger charge is 2.26. The molecule has 0 unspecified atom stereocenters.